The number of esters is 1. The number of hydrogen-bond acceptors (Lipinski definition) is 23. The Bertz CT molecular complexity index is 2110. The van der Waals surface area contributed by atoms with Gasteiger partial charge in [0.25, 0.3) is 0 Å². The molecule has 8 fully saturated rings. The van der Waals surface area contributed by atoms with E-state index in [-0.39, 0.29) is 39.4 Å². The van der Waals surface area contributed by atoms with Gasteiger partial charge in [0, 0.05) is 0 Å². The van der Waals surface area contributed by atoms with Crippen molar-refractivity contribution in [3.8, 4) is 0 Å². The first-order valence-electron chi connectivity index (χ1n) is 27.8. The maximum Gasteiger partial charge on any atom is 0.315 e. The summed E-state index contributed by atoms with van der Waals surface area (Å²) in [4.78, 5) is 15.1. The molecular formula is C54H88O23. The molecular weight excluding hydrogens is 1020 g/mol. The third-order valence-electron chi connectivity index (χ3n) is 21.4. The fourth-order valence-electron chi connectivity index (χ4n) is 16.3. The number of aliphatic hydroxyl groups is 14. The summed E-state index contributed by atoms with van der Waals surface area (Å²) in [6.45, 7) is 13.5. The first-order valence-corrected chi connectivity index (χ1v) is 27.8. The number of ether oxygens (including phenoxy) is 8. The maximum absolute atomic E-state index is 15.1. The van der Waals surface area contributed by atoms with Gasteiger partial charge in [0.15, 0.2) is 18.9 Å². The molecule has 4 saturated carbocycles. The Hall–Kier alpha value is -1.63. The van der Waals surface area contributed by atoms with Crippen molar-refractivity contribution in [2.45, 2.75) is 242 Å². The first kappa shape index (κ1) is 60.0. The van der Waals surface area contributed by atoms with Crippen LogP contribution in [0.4, 0.5) is 0 Å². The highest BCUT2D eigenvalue weighted by atomic mass is 16.8. The Morgan fingerprint density at radius 2 is 1.00 bits per heavy atom. The van der Waals surface area contributed by atoms with Gasteiger partial charge in [-0.15, -0.1) is 0 Å². The van der Waals surface area contributed by atoms with E-state index in [1.807, 2.05) is 0 Å². The number of allylic oxidation sites excluding steroid dienone is 2. The molecule has 9 rings (SSSR count). The van der Waals surface area contributed by atoms with E-state index in [2.05, 4.69) is 54.5 Å². The molecule has 0 radical (unpaired) electrons. The molecule has 9 aliphatic rings. The molecule has 23 heteroatoms. The van der Waals surface area contributed by atoms with Crippen LogP contribution < -0.4 is 0 Å². The fraction of sp³-hybridized carbons (Fsp3) is 0.944. The van der Waals surface area contributed by atoms with E-state index in [4.69, 9.17) is 37.9 Å². The summed E-state index contributed by atoms with van der Waals surface area (Å²) in [5, 5.41) is 148. The highest BCUT2D eigenvalue weighted by Crippen LogP contribution is 2.76. The quantitative estimate of drug-likeness (QED) is 0.0569. The normalized spacial score (nSPS) is 53.4. The summed E-state index contributed by atoms with van der Waals surface area (Å²) in [6.07, 6.45) is -23.0. The molecule has 28 atom stereocenters. The van der Waals surface area contributed by atoms with E-state index >= 15 is 4.79 Å². The molecule has 4 heterocycles. The average Bonchev–Trinajstić information content (AvgIpc) is 3.49. The lowest BCUT2D eigenvalue weighted by atomic mass is 9.33. The van der Waals surface area contributed by atoms with Crippen LogP contribution in [-0.2, 0) is 42.7 Å². The molecule has 0 aromatic rings. The number of fused-ring (bicyclic) bond motifs is 7. The van der Waals surface area contributed by atoms with E-state index in [0.29, 0.717) is 32.1 Å². The van der Waals surface area contributed by atoms with Crippen molar-refractivity contribution in [2.24, 2.45) is 50.2 Å². The van der Waals surface area contributed by atoms with Crippen LogP contribution in [0.5, 0.6) is 0 Å². The van der Waals surface area contributed by atoms with Gasteiger partial charge < -0.3 is 109 Å². The lowest BCUT2D eigenvalue weighted by molar-refractivity contribution is -0.345. The van der Waals surface area contributed by atoms with Gasteiger partial charge in [-0.3, -0.25) is 4.79 Å². The molecule has 4 saturated heterocycles. The number of hydrogen-bond donors (Lipinski definition) is 14. The van der Waals surface area contributed by atoms with Crippen molar-refractivity contribution >= 4 is 5.97 Å². The SMILES string of the molecule is CC1(C)CC[C@]2(C(=O)O[C@@H]3O[C@H](CO[C@@H]4O[C@H](CO)[C@@H](O)[C@H](O)[C@H]4O)[C@@H](O)[C@H](O)[C@H]3O)CC[C@]3(C)C(=CC[C@@H]4[C@@]5(C)CC[C@H](O[C@@H]6O[C@H](CO[C@@H]7O[C@H](CO)[C@@H](O)[C@H](O)[C@H]7O)[C@@H](O)[C@H](O)[C@H]6O)C(C)(C)[C@@H]5CC[C@]43C)[C@@H]2C1. The van der Waals surface area contributed by atoms with Crippen molar-refractivity contribution in [3.63, 3.8) is 0 Å². The van der Waals surface area contributed by atoms with Crippen LogP contribution >= 0.6 is 0 Å². The van der Waals surface area contributed by atoms with Gasteiger partial charge in [-0.25, -0.2) is 0 Å². The van der Waals surface area contributed by atoms with Gasteiger partial charge in [-0.2, -0.15) is 0 Å². The topological polar surface area (TPSA) is 374 Å². The number of carbonyl (C=O) groups is 1. The third-order valence-corrected chi connectivity index (χ3v) is 21.4. The minimum absolute atomic E-state index is 0.133. The summed E-state index contributed by atoms with van der Waals surface area (Å²) in [5.74, 6) is -0.449. The van der Waals surface area contributed by atoms with E-state index in [1.54, 1.807) is 0 Å². The molecule has 0 spiro atoms. The number of aliphatic hydroxyl groups excluding tert-OH is 14. The zero-order chi connectivity index (χ0) is 56.3. The molecule has 14 N–H and O–H groups in total. The lowest BCUT2D eigenvalue weighted by Gasteiger charge is -2.71. The van der Waals surface area contributed by atoms with Crippen LogP contribution in [0.25, 0.3) is 0 Å². The molecule has 0 bridgehead atoms. The van der Waals surface area contributed by atoms with Gasteiger partial charge in [0.1, 0.15) is 97.7 Å². The van der Waals surface area contributed by atoms with Gasteiger partial charge in [-0.05, 0) is 109 Å². The van der Waals surface area contributed by atoms with Gasteiger partial charge >= 0.3 is 5.97 Å². The average molecular weight is 1110 g/mol. The van der Waals surface area contributed by atoms with Crippen LogP contribution in [0.3, 0.4) is 0 Å². The van der Waals surface area contributed by atoms with Crippen LogP contribution in [-0.4, -0.2) is 233 Å². The predicted molar refractivity (Wildman–Crippen MR) is 263 cm³/mol. The third kappa shape index (κ3) is 10.00. The van der Waals surface area contributed by atoms with E-state index in [9.17, 15) is 71.5 Å². The largest absolute Gasteiger partial charge is 0.432 e. The molecule has 0 amide bonds. The molecule has 0 unspecified atom stereocenters. The maximum atomic E-state index is 15.1. The highest BCUT2D eigenvalue weighted by molar-refractivity contribution is 5.79. The number of carbonyl (C=O) groups excluding carboxylic acids is 1. The summed E-state index contributed by atoms with van der Waals surface area (Å²) in [5.41, 5.74) is -1.12. The molecule has 4 aliphatic heterocycles. The van der Waals surface area contributed by atoms with Crippen molar-refractivity contribution in [3.05, 3.63) is 11.6 Å². The smallest absolute Gasteiger partial charge is 0.315 e. The Labute approximate surface area is 449 Å². The monoisotopic (exact) mass is 1100 g/mol. The summed E-state index contributed by atoms with van der Waals surface area (Å²) < 4.78 is 47.0. The second-order valence-corrected chi connectivity index (χ2v) is 26.4. The molecule has 23 nitrogen and oxygen atoms in total. The van der Waals surface area contributed by atoms with Crippen molar-refractivity contribution in [2.75, 3.05) is 26.4 Å². The number of rotatable bonds is 12. The van der Waals surface area contributed by atoms with Gasteiger partial charge in [-0.1, -0.05) is 60.1 Å². The standard InChI is InChI=1S/C54H88O23/c1-49(2)14-16-54(48(69)77-47-43(68)39(64)35(60)28(75-47)22-71-45-41(66)37(62)33(58)26(20-56)73-45)17-15-52(6)23(24(54)18-49)8-9-30-51(5)12-11-31(50(3,4)29(51)10-13-53(30,52)7)76-46-42(67)38(63)34(59)27(74-46)21-70-44-40(65)36(61)32(57)25(19-55)72-44/h8,24-47,55-68H,9-22H2,1-7H3/t24-,25+,26+,27+,28+,29-,30+,31-,32+,33+,34+,35+,36-,37-,38-,39-,40+,41+,42+,43+,44+,45+,46-,47-,51-,52+,53+,54-/m0/s1. The summed E-state index contributed by atoms with van der Waals surface area (Å²) >= 11 is 0. The Morgan fingerprint density at radius 3 is 1.53 bits per heavy atom. The second kappa shape index (κ2) is 21.8. The van der Waals surface area contributed by atoms with Gasteiger partial charge in [0.05, 0.1) is 37.9 Å². The molecule has 442 valence electrons. The van der Waals surface area contributed by atoms with Crippen LogP contribution in [0.1, 0.15) is 113 Å². The Morgan fingerprint density at radius 1 is 0.532 bits per heavy atom. The minimum Gasteiger partial charge on any atom is -0.432 e. The van der Waals surface area contributed by atoms with Crippen molar-refractivity contribution in [1.82, 2.24) is 0 Å². The molecule has 5 aliphatic carbocycles. The molecule has 0 aromatic heterocycles. The van der Waals surface area contributed by atoms with E-state index in [0.717, 1.165) is 32.1 Å². The fourth-order valence-corrected chi connectivity index (χ4v) is 16.3. The Kier molecular flexibility index (Phi) is 17.0. The van der Waals surface area contributed by atoms with Crippen LogP contribution in [0.15, 0.2) is 11.6 Å². The highest BCUT2D eigenvalue weighted by Gasteiger charge is 2.70. The van der Waals surface area contributed by atoms with Crippen LogP contribution in [0.2, 0.25) is 0 Å². The summed E-state index contributed by atoms with van der Waals surface area (Å²) in [7, 11) is 0. The van der Waals surface area contributed by atoms with Crippen molar-refractivity contribution < 1.29 is 114 Å². The van der Waals surface area contributed by atoms with Gasteiger partial charge in [0.2, 0.25) is 6.29 Å². The van der Waals surface area contributed by atoms with Crippen molar-refractivity contribution in [1.29, 1.82) is 0 Å². The van der Waals surface area contributed by atoms with Crippen LogP contribution in [0, 0.1) is 50.2 Å². The zero-order valence-corrected chi connectivity index (χ0v) is 45.3. The first-order chi connectivity index (χ1) is 36.0. The lowest BCUT2D eigenvalue weighted by Crippen LogP contribution is -2.66. The Balaban J connectivity index is 0.897. The van der Waals surface area contributed by atoms with E-state index < -0.39 is 172 Å². The van der Waals surface area contributed by atoms with E-state index in [1.165, 1.54) is 5.57 Å². The minimum atomic E-state index is -1.83. The predicted octanol–water partition coefficient (Wildman–Crippen LogP) is -2.04. The molecule has 77 heavy (non-hydrogen) atoms. The second-order valence-electron chi connectivity index (χ2n) is 26.4. The summed E-state index contributed by atoms with van der Waals surface area (Å²) in [6, 6.07) is 0. The molecule has 0 aromatic carbocycles. The zero-order valence-electron chi connectivity index (χ0n) is 45.3.